The lowest BCUT2D eigenvalue weighted by atomic mass is 9.85. The van der Waals surface area contributed by atoms with Crippen LogP contribution in [-0.2, 0) is 27.3 Å². The lowest BCUT2D eigenvalue weighted by molar-refractivity contribution is -0.156. The molecule has 1 saturated carbocycles. The van der Waals surface area contributed by atoms with Crippen LogP contribution in [0.25, 0.3) is 0 Å². The first-order valence-electron chi connectivity index (χ1n) is 10.0. The Labute approximate surface area is 173 Å². The number of morpholine rings is 1. The van der Waals surface area contributed by atoms with Crippen molar-refractivity contribution in [1.82, 2.24) is 15.2 Å². The van der Waals surface area contributed by atoms with E-state index in [9.17, 15) is 9.59 Å². The van der Waals surface area contributed by atoms with Crippen molar-refractivity contribution >= 4 is 23.4 Å². The third-order valence-corrected chi connectivity index (χ3v) is 6.35. The Kier molecular flexibility index (Phi) is 4.80. The van der Waals surface area contributed by atoms with Gasteiger partial charge in [0.2, 0.25) is 5.91 Å². The van der Waals surface area contributed by atoms with Crippen molar-refractivity contribution in [3.05, 3.63) is 52.2 Å². The van der Waals surface area contributed by atoms with Crippen LogP contribution in [0.2, 0.25) is 5.02 Å². The Morgan fingerprint density at radius 1 is 1.28 bits per heavy atom. The van der Waals surface area contributed by atoms with Crippen molar-refractivity contribution in [1.29, 1.82) is 0 Å². The number of fused-ring (bicyclic) bond motifs is 1. The maximum absolute atomic E-state index is 13.3. The van der Waals surface area contributed by atoms with Gasteiger partial charge in [-0.2, -0.15) is 0 Å². The van der Waals surface area contributed by atoms with Crippen molar-refractivity contribution in [2.45, 2.75) is 50.3 Å². The van der Waals surface area contributed by atoms with Crippen LogP contribution in [0.4, 0.5) is 0 Å². The number of aromatic nitrogens is 1. The molecule has 3 heterocycles. The van der Waals surface area contributed by atoms with Gasteiger partial charge in [-0.3, -0.25) is 9.59 Å². The number of carbonyl (C=O) groups excluding carboxylic acids is 2. The molecule has 2 amide bonds. The molecule has 29 heavy (non-hydrogen) atoms. The fourth-order valence-electron chi connectivity index (χ4n) is 4.15. The van der Waals surface area contributed by atoms with E-state index in [1.54, 1.807) is 17.0 Å². The topological polar surface area (TPSA) is 84.7 Å². The molecule has 1 aromatic carbocycles. The molecule has 0 spiro atoms. The maximum Gasteiger partial charge on any atom is 0.254 e. The second kappa shape index (κ2) is 7.46. The molecule has 152 valence electrons. The smallest absolute Gasteiger partial charge is 0.254 e. The number of amides is 2. The second-order valence-electron chi connectivity index (χ2n) is 7.86. The molecule has 0 unspecified atom stereocenters. The SMILES string of the molecule is O=C1CO[C@H](C(=O)N2CCc3oc(C4CCC4)nc3C2)[C@@H](c2ccccc2Cl)N1. The highest BCUT2D eigenvalue weighted by Crippen LogP contribution is 2.37. The van der Waals surface area contributed by atoms with Gasteiger partial charge in [-0.15, -0.1) is 0 Å². The Hall–Kier alpha value is -2.38. The van der Waals surface area contributed by atoms with Gasteiger partial charge in [0, 0.05) is 23.9 Å². The largest absolute Gasteiger partial charge is 0.445 e. The van der Waals surface area contributed by atoms with E-state index in [4.69, 9.17) is 20.8 Å². The van der Waals surface area contributed by atoms with E-state index in [0.29, 0.717) is 36.0 Å². The minimum Gasteiger partial charge on any atom is -0.445 e. The highest BCUT2D eigenvalue weighted by atomic mass is 35.5. The average molecular weight is 416 g/mol. The predicted octanol–water partition coefficient (Wildman–Crippen LogP) is 2.74. The molecule has 8 heteroatoms. The van der Waals surface area contributed by atoms with E-state index in [0.717, 1.165) is 30.2 Å². The van der Waals surface area contributed by atoms with Gasteiger partial charge in [0.15, 0.2) is 12.0 Å². The molecule has 1 saturated heterocycles. The molecule has 5 rings (SSSR count). The highest BCUT2D eigenvalue weighted by Gasteiger charge is 2.40. The van der Waals surface area contributed by atoms with Crippen molar-refractivity contribution < 1.29 is 18.7 Å². The number of hydrogen-bond donors (Lipinski definition) is 1. The molecule has 2 aliphatic heterocycles. The van der Waals surface area contributed by atoms with Gasteiger partial charge in [-0.05, 0) is 24.5 Å². The number of carbonyl (C=O) groups is 2. The molecule has 2 fully saturated rings. The van der Waals surface area contributed by atoms with Gasteiger partial charge in [-0.1, -0.05) is 36.2 Å². The van der Waals surface area contributed by atoms with Crippen LogP contribution < -0.4 is 5.32 Å². The summed E-state index contributed by atoms with van der Waals surface area (Å²) in [7, 11) is 0. The van der Waals surface area contributed by atoms with Crippen LogP contribution in [0.15, 0.2) is 28.7 Å². The van der Waals surface area contributed by atoms with Crippen molar-refractivity contribution in [3.8, 4) is 0 Å². The highest BCUT2D eigenvalue weighted by molar-refractivity contribution is 6.31. The van der Waals surface area contributed by atoms with Crippen LogP contribution in [0.1, 0.15) is 54.1 Å². The van der Waals surface area contributed by atoms with Gasteiger partial charge >= 0.3 is 0 Å². The van der Waals surface area contributed by atoms with Crippen LogP contribution in [0.3, 0.4) is 0 Å². The summed E-state index contributed by atoms with van der Waals surface area (Å²) in [6.07, 6.45) is 3.27. The summed E-state index contributed by atoms with van der Waals surface area (Å²) in [5.74, 6) is 1.68. The molecular weight excluding hydrogens is 394 g/mol. The van der Waals surface area contributed by atoms with Gasteiger partial charge in [0.25, 0.3) is 5.91 Å². The minimum atomic E-state index is -0.827. The predicted molar refractivity (Wildman–Crippen MR) is 104 cm³/mol. The maximum atomic E-state index is 13.3. The summed E-state index contributed by atoms with van der Waals surface area (Å²) in [5, 5.41) is 3.36. The quantitative estimate of drug-likeness (QED) is 0.833. The molecule has 0 bridgehead atoms. The third-order valence-electron chi connectivity index (χ3n) is 6.01. The molecule has 7 nitrogen and oxygen atoms in total. The summed E-state index contributed by atoms with van der Waals surface area (Å²) in [4.78, 5) is 31.7. The Balaban J connectivity index is 1.36. The van der Waals surface area contributed by atoms with Gasteiger partial charge in [-0.25, -0.2) is 4.98 Å². The van der Waals surface area contributed by atoms with E-state index < -0.39 is 12.1 Å². The fraction of sp³-hybridized carbons (Fsp3) is 0.476. The number of oxazole rings is 1. The monoisotopic (exact) mass is 415 g/mol. The number of hydrogen-bond acceptors (Lipinski definition) is 5. The third kappa shape index (κ3) is 3.42. The lowest BCUT2D eigenvalue weighted by Gasteiger charge is -2.36. The van der Waals surface area contributed by atoms with Gasteiger partial charge < -0.3 is 19.4 Å². The van der Waals surface area contributed by atoms with Crippen LogP contribution in [0, 0.1) is 0 Å². The molecule has 2 atom stereocenters. The molecule has 0 radical (unpaired) electrons. The average Bonchev–Trinajstić information content (AvgIpc) is 3.08. The Morgan fingerprint density at radius 3 is 2.86 bits per heavy atom. The van der Waals surface area contributed by atoms with E-state index in [2.05, 4.69) is 10.3 Å². The van der Waals surface area contributed by atoms with Crippen LogP contribution in [0.5, 0.6) is 0 Å². The fourth-order valence-corrected chi connectivity index (χ4v) is 4.40. The summed E-state index contributed by atoms with van der Waals surface area (Å²) < 4.78 is 11.6. The van der Waals surface area contributed by atoms with Crippen molar-refractivity contribution in [2.24, 2.45) is 0 Å². The zero-order valence-corrected chi connectivity index (χ0v) is 16.7. The molecule has 1 N–H and O–H groups in total. The number of nitrogens with one attached hydrogen (secondary N) is 1. The number of halogens is 1. The molecule has 3 aliphatic rings. The standard InChI is InChI=1S/C21H22ClN3O4/c22-14-7-2-1-6-13(14)18-19(28-11-17(26)24-18)21(27)25-9-8-16-15(10-25)23-20(29-16)12-4-3-5-12/h1-2,6-7,12,18-19H,3-5,8-11H2,(H,24,26)/t18-,19+/m1/s1. The molecular formula is C21H22ClN3O4. The second-order valence-corrected chi connectivity index (χ2v) is 8.27. The first-order chi connectivity index (χ1) is 14.1. The molecule has 1 aliphatic carbocycles. The normalized spacial score (nSPS) is 24.6. The van der Waals surface area contributed by atoms with E-state index in [-0.39, 0.29) is 18.4 Å². The minimum absolute atomic E-state index is 0.147. The first-order valence-corrected chi connectivity index (χ1v) is 10.4. The first kappa shape index (κ1) is 18.6. The van der Waals surface area contributed by atoms with Crippen LogP contribution in [-0.4, -0.2) is 41.0 Å². The number of rotatable bonds is 3. The van der Waals surface area contributed by atoms with Crippen LogP contribution >= 0.6 is 11.6 Å². The number of benzene rings is 1. The Morgan fingerprint density at radius 2 is 2.10 bits per heavy atom. The molecule has 2 aromatic rings. The van der Waals surface area contributed by atoms with Crippen molar-refractivity contribution in [2.75, 3.05) is 13.2 Å². The number of nitrogens with zero attached hydrogens (tertiary/aromatic N) is 2. The summed E-state index contributed by atoms with van der Waals surface area (Å²) in [5.41, 5.74) is 1.51. The summed E-state index contributed by atoms with van der Waals surface area (Å²) in [6.45, 7) is 0.786. The van der Waals surface area contributed by atoms with Gasteiger partial charge in [0.05, 0.1) is 12.6 Å². The van der Waals surface area contributed by atoms with E-state index >= 15 is 0 Å². The Bertz CT molecular complexity index is 955. The summed E-state index contributed by atoms with van der Waals surface area (Å²) in [6, 6.07) is 6.56. The van der Waals surface area contributed by atoms with E-state index in [1.807, 2.05) is 12.1 Å². The lowest BCUT2D eigenvalue weighted by Crippen LogP contribution is -2.54. The zero-order chi connectivity index (χ0) is 20.0. The van der Waals surface area contributed by atoms with Gasteiger partial charge in [0.1, 0.15) is 18.1 Å². The molecule has 1 aromatic heterocycles. The van der Waals surface area contributed by atoms with E-state index in [1.165, 1.54) is 6.42 Å². The van der Waals surface area contributed by atoms with Crippen molar-refractivity contribution in [3.63, 3.8) is 0 Å². The zero-order valence-electron chi connectivity index (χ0n) is 15.9. The number of ether oxygens (including phenoxy) is 1. The summed E-state index contributed by atoms with van der Waals surface area (Å²) >= 11 is 6.33.